The Balaban J connectivity index is 0.000000416. The number of aliphatic hydroxyl groups excluding tert-OH is 2. The summed E-state index contributed by atoms with van der Waals surface area (Å²) in [4.78, 5) is 12.0. The second-order valence-electron chi connectivity index (χ2n) is 12.7. The number of rotatable bonds is 11. The normalized spacial score (nSPS) is 11.7. The number of halogens is 20. The first-order valence-electron chi connectivity index (χ1n) is 16.6. The second kappa shape index (κ2) is 19.0. The van der Waals surface area contributed by atoms with Crippen LogP contribution in [0, 0.1) is 123 Å². The van der Waals surface area contributed by atoms with Gasteiger partial charge in [0.05, 0.1) is 13.2 Å². The molecule has 0 saturated heterocycles. The standard InChI is InChI=1S/C24BF20.C13H19O3S/c26-5-1(6(27)14(35)21(42)13(5)34)25(2-7(28)15(36)22(43)16(37)8(2)29,3-9(30)17(38)23(44)18(39)10(3)31)4-11(32)19(40)24(45)20(41)12(4)33;1-11-2-4-12(5-3-11)13(16)10-17(8-6-14)9-7-15/h;2-5,14-15H,6-10H2,1H3/q-1;+1. The lowest BCUT2D eigenvalue weighted by Gasteiger charge is -2.44. The Kier molecular flexibility index (Phi) is 15.1. The quantitative estimate of drug-likeness (QED) is 0.0391. The average molecular weight is 934 g/mol. The lowest BCUT2D eigenvalue weighted by Crippen LogP contribution is -2.81. The molecule has 0 radical (unpaired) electrons. The van der Waals surface area contributed by atoms with Crippen molar-refractivity contribution in [3.05, 3.63) is 152 Å². The minimum atomic E-state index is -7.22. The van der Waals surface area contributed by atoms with Crippen LogP contribution >= 0.6 is 0 Å². The molecule has 3 nitrogen and oxygen atoms in total. The van der Waals surface area contributed by atoms with Crippen LogP contribution in [0.1, 0.15) is 15.9 Å². The molecule has 0 aromatic heterocycles. The number of aliphatic hydroxyl groups is 2. The minimum Gasteiger partial charge on any atom is -0.391 e. The Morgan fingerprint density at radius 2 is 0.613 bits per heavy atom. The van der Waals surface area contributed by atoms with Crippen molar-refractivity contribution >= 4 is 44.7 Å². The van der Waals surface area contributed by atoms with Crippen molar-refractivity contribution in [3.63, 3.8) is 0 Å². The summed E-state index contributed by atoms with van der Waals surface area (Å²) < 4.78 is 294. The Labute approximate surface area is 336 Å². The maximum Gasteiger partial charge on any atom is 0.211 e. The van der Waals surface area contributed by atoms with Crippen molar-refractivity contribution < 1.29 is 103 Å². The van der Waals surface area contributed by atoms with E-state index >= 15 is 35.1 Å². The molecule has 5 aromatic rings. The van der Waals surface area contributed by atoms with Crippen LogP contribution in [0.3, 0.4) is 0 Å². The van der Waals surface area contributed by atoms with Gasteiger partial charge in [-0.3, -0.25) is 4.79 Å². The van der Waals surface area contributed by atoms with Crippen LogP contribution in [-0.4, -0.2) is 52.6 Å². The fraction of sp³-hybridized carbons (Fsp3) is 0.162. The predicted molar refractivity (Wildman–Crippen MR) is 181 cm³/mol. The molecule has 0 unspecified atom stereocenters. The molecule has 0 fully saturated rings. The van der Waals surface area contributed by atoms with Gasteiger partial charge in [0, 0.05) is 16.5 Å². The third-order valence-corrected chi connectivity index (χ3v) is 11.4. The topological polar surface area (TPSA) is 57.5 Å². The maximum absolute atomic E-state index is 15.4. The van der Waals surface area contributed by atoms with E-state index < -0.39 is 144 Å². The Morgan fingerprint density at radius 1 is 0.403 bits per heavy atom. The van der Waals surface area contributed by atoms with Crippen LogP contribution in [0.5, 0.6) is 0 Å². The molecule has 0 aliphatic rings. The van der Waals surface area contributed by atoms with Crippen LogP contribution in [0.4, 0.5) is 87.8 Å². The highest BCUT2D eigenvalue weighted by molar-refractivity contribution is 7.97. The van der Waals surface area contributed by atoms with E-state index in [4.69, 9.17) is 10.2 Å². The highest BCUT2D eigenvalue weighted by Crippen LogP contribution is 2.30. The van der Waals surface area contributed by atoms with Gasteiger partial charge in [-0.25, -0.2) is 87.8 Å². The monoisotopic (exact) mass is 934 g/mol. The zero-order valence-electron chi connectivity index (χ0n) is 30.2. The Morgan fingerprint density at radius 3 is 0.823 bits per heavy atom. The largest absolute Gasteiger partial charge is 0.391 e. The number of hydrogen-bond acceptors (Lipinski definition) is 3. The SMILES string of the molecule is Cc1ccc(C(=O)C[S+](CCO)CCO)cc1.Fc1c(F)c(F)c([B-](c2c(F)c(F)c(F)c(F)c2F)(c2c(F)c(F)c(F)c(F)c2F)c2c(F)c(F)c(F)c(F)c2F)c(F)c1F. The van der Waals surface area contributed by atoms with Crippen molar-refractivity contribution in [2.45, 2.75) is 6.92 Å². The zero-order valence-corrected chi connectivity index (χ0v) is 31.0. The van der Waals surface area contributed by atoms with Gasteiger partial charge in [-0.05, 0) is 6.92 Å². The van der Waals surface area contributed by atoms with E-state index in [1.165, 1.54) is 0 Å². The highest BCUT2D eigenvalue weighted by atomic mass is 32.2. The molecule has 0 aliphatic heterocycles. The van der Waals surface area contributed by atoms with E-state index in [9.17, 15) is 57.5 Å². The van der Waals surface area contributed by atoms with Gasteiger partial charge in [-0.15, -0.1) is 21.9 Å². The van der Waals surface area contributed by atoms with Gasteiger partial charge in [-0.1, -0.05) is 29.8 Å². The molecule has 5 aromatic carbocycles. The number of ketones is 1. The lowest BCUT2D eigenvalue weighted by molar-refractivity contribution is 0.102. The number of carbonyl (C=O) groups excluding carboxylic acids is 1. The van der Waals surface area contributed by atoms with Gasteiger partial charge >= 0.3 is 0 Å². The third kappa shape index (κ3) is 8.20. The number of aryl methyl sites for hydroxylation is 1. The molecule has 0 atom stereocenters. The number of carbonyl (C=O) groups is 1. The maximum atomic E-state index is 15.4. The minimum absolute atomic E-state index is 0.0737. The van der Waals surface area contributed by atoms with E-state index in [2.05, 4.69) is 0 Å². The molecule has 334 valence electrons. The van der Waals surface area contributed by atoms with E-state index in [1.54, 1.807) is 0 Å². The van der Waals surface area contributed by atoms with Crippen molar-refractivity contribution in [1.29, 1.82) is 0 Å². The fourth-order valence-electron chi connectivity index (χ4n) is 6.39. The van der Waals surface area contributed by atoms with Crippen LogP contribution in [-0.2, 0) is 10.9 Å². The van der Waals surface area contributed by atoms with Crippen LogP contribution < -0.4 is 21.9 Å². The van der Waals surface area contributed by atoms with Crippen LogP contribution in [0.15, 0.2) is 24.3 Å². The van der Waals surface area contributed by atoms with Gasteiger partial charge < -0.3 is 10.2 Å². The van der Waals surface area contributed by atoms with Gasteiger partial charge in [0.15, 0.2) is 75.6 Å². The summed E-state index contributed by atoms with van der Waals surface area (Å²) in [6.45, 7) is 2.13. The van der Waals surface area contributed by atoms with Crippen molar-refractivity contribution in [2.75, 3.05) is 30.5 Å². The van der Waals surface area contributed by atoms with E-state index in [0.717, 1.165) is 5.56 Å². The summed E-state index contributed by atoms with van der Waals surface area (Å²) in [5, 5.41) is 17.8. The molecule has 2 N–H and O–H groups in total. The summed E-state index contributed by atoms with van der Waals surface area (Å²) in [6, 6.07) is 7.50. The lowest BCUT2D eigenvalue weighted by atomic mass is 9.12. The first-order chi connectivity index (χ1) is 28.9. The molecule has 0 saturated carbocycles. The van der Waals surface area contributed by atoms with Gasteiger partial charge in [-0.2, -0.15) is 0 Å². The predicted octanol–water partition coefficient (Wildman–Crippen LogP) is 6.63. The molecular weight excluding hydrogens is 915 g/mol. The number of benzene rings is 5. The van der Waals surface area contributed by atoms with E-state index in [-0.39, 0.29) is 29.9 Å². The molecule has 0 bridgehead atoms. The highest BCUT2D eigenvalue weighted by Gasteiger charge is 2.52. The Bertz CT molecular complexity index is 2190. The van der Waals surface area contributed by atoms with E-state index in [1.807, 2.05) is 31.2 Å². The fourth-order valence-corrected chi connectivity index (χ4v) is 7.93. The first kappa shape index (κ1) is 49.4. The summed E-state index contributed by atoms with van der Waals surface area (Å²) >= 11 is 0. The first-order valence-corrected chi connectivity index (χ1v) is 18.3. The summed E-state index contributed by atoms with van der Waals surface area (Å²) in [5.41, 5.74) is -12.5. The summed E-state index contributed by atoms with van der Waals surface area (Å²) in [6.07, 6.45) is -7.22. The molecule has 0 spiro atoms. The van der Waals surface area contributed by atoms with Crippen molar-refractivity contribution in [2.24, 2.45) is 0 Å². The molecule has 0 heterocycles. The van der Waals surface area contributed by atoms with Crippen LogP contribution in [0.25, 0.3) is 0 Å². The Hall–Kier alpha value is -5.30. The summed E-state index contributed by atoms with van der Waals surface area (Å²) in [7, 11) is -0.210. The number of hydrogen-bond donors (Lipinski definition) is 2. The molecule has 0 amide bonds. The molecule has 5 rings (SSSR count). The van der Waals surface area contributed by atoms with E-state index in [0.29, 0.717) is 22.8 Å². The molecule has 25 heteroatoms. The zero-order chi connectivity index (χ0) is 47.0. The smallest absolute Gasteiger partial charge is 0.211 e. The van der Waals surface area contributed by atoms with Crippen molar-refractivity contribution in [1.82, 2.24) is 0 Å². The second-order valence-corrected chi connectivity index (χ2v) is 15.0. The van der Waals surface area contributed by atoms with Gasteiger partial charge in [0.2, 0.25) is 5.78 Å². The summed E-state index contributed by atoms with van der Waals surface area (Å²) in [5.74, 6) is -69.7. The molecule has 62 heavy (non-hydrogen) atoms. The average Bonchev–Trinajstić information content (AvgIpc) is 3.24. The van der Waals surface area contributed by atoms with Gasteiger partial charge in [0.1, 0.15) is 64.2 Å². The molecule has 0 aliphatic carbocycles. The molecular formula is C37H19BF20O3S. The van der Waals surface area contributed by atoms with Crippen LogP contribution in [0.2, 0.25) is 0 Å². The number of Topliss-reactive ketones (excluding diaryl/α,β-unsaturated/α-hetero) is 1. The third-order valence-electron chi connectivity index (χ3n) is 9.18. The van der Waals surface area contributed by atoms with Gasteiger partial charge in [0.25, 0.3) is 0 Å². The van der Waals surface area contributed by atoms with Crippen molar-refractivity contribution in [3.8, 4) is 0 Å².